The molecular weight excluding hydrogens is 314 g/mol. The fourth-order valence-electron chi connectivity index (χ4n) is 3.48. The second kappa shape index (κ2) is 9.04. The minimum atomic E-state index is 0.607. The minimum Gasteiger partial charge on any atom is -0.381 e. The molecule has 0 amide bonds. The molecule has 1 aromatic heterocycles. The van der Waals surface area contributed by atoms with Gasteiger partial charge in [-0.3, -0.25) is 0 Å². The number of nitrogens with zero attached hydrogens (tertiary/aromatic N) is 4. The molecular formula is C19H31N5O. The van der Waals surface area contributed by atoms with E-state index in [1.807, 2.05) is 6.20 Å². The summed E-state index contributed by atoms with van der Waals surface area (Å²) in [6, 6.07) is 4.28. The Balaban J connectivity index is 1.58. The maximum atomic E-state index is 5.48. The summed E-state index contributed by atoms with van der Waals surface area (Å²) in [6.07, 6.45) is 5.66. The summed E-state index contributed by atoms with van der Waals surface area (Å²) in [7, 11) is 2.11. The van der Waals surface area contributed by atoms with Crippen molar-refractivity contribution in [1.82, 2.24) is 15.2 Å². The molecule has 2 saturated heterocycles. The molecule has 1 aromatic rings. The molecule has 3 rings (SSSR count). The molecule has 25 heavy (non-hydrogen) atoms. The summed E-state index contributed by atoms with van der Waals surface area (Å²) in [6.45, 7) is 8.63. The van der Waals surface area contributed by atoms with E-state index in [0.717, 1.165) is 63.2 Å². The lowest BCUT2D eigenvalue weighted by atomic mass is 10.1. The third-order valence-corrected chi connectivity index (χ3v) is 4.90. The Kier molecular flexibility index (Phi) is 6.50. The first kappa shape index (κ1) is 18.0. The third kappa shape index (κ3) is 5.08. The number of aliphatic imine (C=N–C) groups is 1. The van der Waals surface area contributed by atoms with E-state index in [0.29, 0.717) is 12.5 Å². The molecule has 2 aliphatic rings. The van der Waals surface area contributed by atoms with Gasteiger partial charge in [-0.2, -0.15) is 0 Å². The Bertz CT molecular complexity index is 547. The quantitative estimate of drug-likeness (QED) is 0.632. The van der Waals surface area contributed by atoms with Crippen LogP contribution in [0.5, 0.6) is 0 Å². The molecule has 3 heterocycles. The topological polar surface area (TPSA) is 53.0 Å². The summed E-state index contributed by atoms with van der Waals surface area (Å²) in [4.78, 5) is 14.0. The van der Waals surface area contributed by atoms with Crippen molar-refractivity contribution in [3.63, 3.8) is 0 Å². The smallest absolute Gasteiger partial charge is 0.193 e. The number of nitrogens with one attached hydrogen (secondary N) is 1. The molecule has 0 aromatic carbocycles. The fraction of sp³-hybridized carbons (Fsp3) is 0.684. The van der Waals surface area contributed by atoms with Gasteiger partial charge in [0, 0.05) is 51.9 Å². The van der Waals surface area contributed by atoms with Gasteiger partial charge in [0.15, 0.2) is 5.96 Å². The molecule has 2 aliphatic heterocycles. The number of hydrogen-bond donors (Lipinski definition) is 1. The first-order valence-corrected chi connectivity index (χ1v) is 9.53. The number of anilines is 1. The average Bonchev–Trinajstić information content (AvgIpc) is 3.33. The molecule has 0 saturated carbocycles. The predicted octanol–water partition coefficient (Wildman–Crippen LogP) is 2.12. The van der Waals surface area contributed by atoms with Gasteiger partial charge in [0.25, 0.3) is 0 Å². The largest absolute Gasteiger partial charge is 0.381 e. The van der Waals surface area contributed by atoms with Gasteiger partial charge in [0.1, 0.15) is 5.82 Å². The Morgan fingerprint density at radius 2 is 2.24 bits per heavy atom. The van der Waals surface area contributed by atoms with E-state index in [2.05, 4.69) is 46.2 Å². The first-order valence-electron chi connectivity index (χ1n) is 9.53. The highest BCUT2D eigenvalue weighted by atomic mass is 16.5. The van der Waals surface area contributed by atoms with Gasteiger partial charge in [0.05, 0.1) is 13.2 Å². The second-order valence-corrected chi connectivity index (χ2v) is 7.00. The Morgan fingerprint density at radius 3 is 2.88 bits per heavy atom. The molecule has 0 bridgehead atoms. The standard InChI is InChI=1S/C19H31N5O/c1-3-20-19(23(2)14-17-8-11-25-15-17)22-13-16-6-7-18(21-12-16)24-9-4-5-10-24/h6-7,12,17H,3-5,8-11,13-15H2,1-2H3,(H,20,22). The number of aromatic nitrogens is 1. The van der Waals surface area contributed by atoms with Crippen molar-refractivity contribution in [2.45, 2.75) is 32.7 Å². The molecule has 1 unspecified atom stereocenters. The lowest BCUT2D eigenvalue weighted by molar-refractivity contribution is 0.181. The van der Waals surface area contributed by atoms with Crippen LogP contribution in [-0.4, -0.2) is 62.3 Å². The van der Waals surface area contributed by atoms with Crippen LogP contribution in [-0.2, 0) is 11.3 Å². The lowest BCUT2D eigenvalue weighted by Gasteiger charge is -2.24. The molecule has 6 heteroatoms. The monoisotopic (exact) mass is 345 g/mol. The van der Waals surface area contributed by atoms with E-state index in [1.165, 1.54) is 12.8 Å². The van der Waals surface area contributed by atoms with Crippen molar-refractivity contribution in [1.29, 1.82) is 0 Å². The van der Waals surface area contributed by atoms with Crippen molar-refractivity contribution in [2.75, 3.05) is 51.3 Å². The van der Waals surface area contributed by atoms with Crippen LogP contribution in [0, 0.1) is 5.92 Å². The Morgan fingerprint density at radius 1 is 1.40 bits per heavy atom. The van der Waals surface area contributed by atoms with Gasteiger partial charge in [-0.25, -0.2) is 9.98 Å². The molecule has 6 nitrogen and oxygen atoms in total. The number of ether oxygens (including phenoxy) is 1. The van der Waals surface area contributed by atoms with Gasteiger partial charge < -0.3 is 19.9 Å². The molecule has 0 aliphatic carbocycles. The summed E-state index contributed by atoms with van der Waals surface area (Å²) >= 11 is 0. The lowest BCUT2D eigenvalue weighted by Crippen LogP contribution is -2.41. The van der Waals surface area contributed by atoms with E-state index in [1.54, 1.807) is 0 Å². The number of pyridine rings is 1. The van der Waals surface area contributed by atoms with Crippen LogP contribution in [0.3, 0.4) is 0 Å². The van der Waals surface area contributed by atoms with Crippen LogP contribution in [0.15, 0.2) is 23.3 Å². The zero-order chi connectivity index (χ0) is 17.5. The van der Waals surface area contributed by atoms with Gasteiger partial charge in [-0.05, 0) is 37.8 Å². The van der Waals surface area contributed by atoms with E-state index in [4.69, 9.17) is 9.73 Å². The third-order valence-electron chi connectivity index (χ3n) is 4.90. The molecule has 2 fully saturated rings. The predicted molar refractivity (Wildman–Crippen MR) is 102 cm³/mol. The molecule has 1 N–H and O–H groups in total. The normalized spacial score (nSPS) is 21.0. The van der Waals surface area contributed by atoms with E-state index >= 15 is 0 Å². The van der Waals surface area contributed by atoms with Gasteiger partial charge in [-0.1, -0.05) is 6.07 Å². The Labute approximate surface area is 151 Å². The summed E-state index contributed by atoms with van der Waals surface area (Å²) in [5.74, 6) is 2.66. The summed E-state index contributed by atoms with van der Waals surface area (Å²) in [5, 5.41) is 3.39. The van der Waals surface area contributed by atoms with Crippen LogP contribution in [0.1, 0.15) is 31.7 Å². The van der Waals surface area contributed by atoms with Crippen LogP contribution >= 0.6 is 0 Å². The van der Waals surface area contributed by atoms with Crippen LogP contribution in [0.2, 0.25) is 0 Å². The maximum absolute atomic E-state index is 5.48. The highest BCUT2D eigenvalue weighted by Gasteiger charge is 2.19. The van der Waals surface area contributed by atoms with Crippen molar-refractivity contribution in [2.24, 2.45) is 10.9 Å². The summed E-state index contributed by atoms with van der Waals surface area (Å²) in [5.41, 5.74) is 1.15. The van der Waals surface area contributed by atoms with Crippen LogP contribution in [0.25, 0.3) is 0 Å². The van der Waals surface area contributed by atoms with E-state index in [-0.39, 0.29) is 0 Å². The zero-order valence-electron chi connectivity index (χ0n) is 15.6. The highest BCUT2D eigenvalue weighted by molar-refractivity contribution is 5.79. The number of rotatable bonds is 6. The molecule has 0 radical (unpaired) electrons. The van der Waals surface area contributed by atoms with E-state index < -0.39 is 0 Å². The van der Waals surface area contributed by atoms with Crippen LogP contribution in [0.4, 0.5) is 5.82 Å². The maximum Gasteiger partial charge on any atom is 0.193 e. The number of hydrogen-bond acceptors (Lipinski definition) is 4. The van der Waals surface area contributed by atoms with Crippen molar-refractivity contribution < 1.29 is 4.74 Å². The van der Waals surface area contributed by atoms with Crippen LogP contribution < -0.4 is 10.2 Å². The summed E-state index contributed by atoms with van der Waals surface area (Å²) < 4.78 is 5.48. The van der Waals surface area contributed by atoms with Crippen molar-refractivity contribution in [3.05, 3.63) is 23.9 Å². The molecule has 0 spiro atoms. The van der Waals surface area contributed by atoms with E-state index in [9.17, 15) is 0 Å². The van der Waals surface area contributed by atoms with Crippen molar-refractivity contribution >= 4 is 11.8 Å². The first-order chi connectivity index (χ1) is 12.3. The zero-order valence-corrected chi connectivity index (χ0v) is 15.6. The fourth-order valence-corrected chi connectivity index (χ4v) is 3.48. The Hall–Kier alpha value is -1.82. The van der Waals surface area contributed by atoms with Crippen molar-refractivity contribution in [3.8, 4) is 0 Å². The van der Waals surface area contributed by atoms with Gasteiger partial charge in [-0.15, -0.1) is 0 Å². The molecule has 138 valence electrons. The van der Waals surface area contributed by atoms with Gasteiger partial charge >= 0.3 is 0 Å². The minimum absolute atomic E-state index is 0.607. The average molecular weight is 345 g/mol. The second-order valence-electron chi connectivity index (χ2n) is 7.00. The molecule has 1 atom stereocenters. The number of guanidine groups is 1. The highest BCUT2D eigenvalue weighted by Crippen LogP contribution is 2.18. The SMILES string of the molecule is CCNC(=NCc1ccc(N2CCCC2)nc1)N(C)CC1CCOC1. The van der Waals surface area contributed by atoms with Gasteiger partial charge in [0.2, 0.25) is 0 Å².